The fourth-order valence-corrected chi connectivity index (χ4v) is 2.93. The van der Waals surface area contributed by atoms with Crippen molar-refractivity contribution >= 4 is 5.96 Å². The number of hydrogen-bond donors (Lipinski definition) is 2. The highest BCUT2D eigenvalue weighted by molar-refractivity contribution is 5.79. The molecule has 1 aromatic rings. The van der Waals surface area contributed by atoms with E-state index in [1.807, 2.05) is 25.2 Å². The van der Waals surface area contributed by atoms with Crippen molar-refractivity contribution in [3.8, 4) is 5.75 Å². The zero-order valence-electron chi connectivity index (χ0n) is 14.6. The molecule has 128 valence electrons. The summed E-state index contributed by atoms with van der Waals surface area (Å²) in [6, 6.07) is 8.09. The number of piperidine rings is 1. The number of guanidine groups is 1. The molecule has 0 atom stereocenters. The Morgan fingerprint density at radius 3 is 2.78 bits per heavy atom. The van der Waals surface area contributed by atoms with E-state index in [0.29, 0.717) is 0 Å². The van der Waals surface area contributed by atoms with Crippen molar-refractivity contribution in [2.75, 3.05) is 40.8 Å². The highest BCUT2D eigenvalue weighted by Crippen LogP contribution is 2.18. The number of rotatable bonds is 6. The van der Waals surface area contributed by atoms with Crippen LogP contribution in [0.1, 0.15) is 24.8 Å². The van der Waals surface area contributed by atoms with Gasteiger partial charge in [0.25, 0.3) is 0 Å². The molecule has 1 saturated heterocycles. The van der Waals surface area contributed by atoms with E-state index in [2.05, 4.69) is 33.6 Å². The maximum absolute atomic E-state index is 5.25. The van der Waals surface area contributed by atoms with E-state index < -0.39 is 0 Å². The van der Waals surface area contributed by atoms with Crippen LogP contribution in [-0.4, -0.2) is 51.7 Å². The van der Waals surface area contributed by atoms with Gasteiger partial charge in [-0.3, -0.25) is 4.99 Å². The van der Waals surface area contributed by atoms with Gasteiger partial charge in [-0.2, -0.15) is 0 Å². The molecule has 1 aromatic carbocycles. The third-order valence-corrected chi connectivity index (χ3v) is 4.50. The van der Waals surface area contributed by atoms with Crippen LogP contribution in [0.25, 0.3) is 0 Å². The van der Waals surface area contributed by atoms with Crippen LogP contribution in [0.2, 0.25) is 0 Å². The van der Waals surface area contributed by atoms with Crippen molar-refractivity contribution in [3.05, 3.63) is 29.8 Å². The second-order valence-corrected chi connectivity index (χ2v) is 6.24. The monoisotopic (exact) mass is 318 g/mol. The molecule has 1 aliphatic rings. The second-order valence-electron chi connectivity index (χ2n) is 6.24. The van der Waals surface area contributed by atoms with Gasteiger partial charge in [0.15, 0.2) is 5.96 Å². The Hall–Kier alpha value is -1.75. The van der Waals surface area contributed by atoms with Gasteiger partial charge < -0.3 is 20.3 Å². The first-order chi connectivity index (χ1) is 11.2. The molecule has 1 aliphatic heterocycles. The first kappa shape index (κ1) is 17.6. The van der Waals surface area contributed by atoms with Crippen molar-refractivity contribution in [3.63, 3.8) is 0 Å². The summed E-state index contributed by atoms with van der Waals surface area (Å²) in [7, 11) is 5.71. The van der Waals surface area contributed by atoms with Gasteiger partial charge in [-0.15, -0.1) is 0 Å². The SMILES string of the molecule is CN=C(NCCC1CCN(C)CC1)NCc1cccc(OC)c1. The summed E-state index contributed by atoms with van der Waals surface area (Å²) in [6.45, 7) is 4.18. The number of likely N-dealkylation sites (tertiary alicyclic amines) is 1. The van der Waals surface area contributed by atoms with E-state index >= 15 is 0 Å². The van der Waals surface area contributed by atoms with Crippen LogP contribution >= 0.6 is 0 Å². The number of nitrogens with one attached hydrogen (secondary N) is 2. The number of methoxy groups -OCH3 is 1. The molecule has 0 bridgehead atoms. The van der Waals surface area contributed by atoms with Crippen LogP contribution in [0.4, 0.5) is 0 Å². The number of aliphatic imine (C=N–C) groups is 1. The summed E-state index contributed by atoms with van der Waals surface area (Å²) in [5.41, 5.74) is 1.18. The molecular weight excluding hydrogens is 288 g/mol. The second kappa shape index (κ2) is 9.40. The summed E-state index contributed by atoms with van der Waals surface area (Å²) >= 11 is 0. The maximum atomic E-state index is 5.25. The average molecular weight is 318 g/mol. The molecule has 0 spiro atoms. The molecule has 2 rings (SSSR count). The van der Waals surface area contributed by atoms with E-state index in [0.717, 1.165) is 30.7 Å². The van der Waals surface area contributed by atoms with Crippen LogP contribution in [0, 0.1) is 5.92 Å². The van der Waals surface area contributed by atoms with E-state index in [1.165, 1.54) is 37.9 Å². The van der Waals surface area contributed by atoms with Crippen molar-refractivity contribution in [1.82, 2.24) is 15.5 Å². The molecule has 0 aliphatic carbocycles. The first-order valence-electron chi connectivity index (χ1n) is 8.47. The Bertz CT molecular complexity index is 496. The van der Waals surface area contributed by atoms with Crippen molar-refractivity contribution in [2.24, 2.45) is 10.9 Å². The van der Waals surface area contributed by atoms with E-state index in [4.69, 9.17) is 4.74 Å². The van der Waals surface area contributed by atoms with E-state index in [9.17, 15) is 0 Å². The van der Waals surface area contributed by atoms with Crippen LogP contribution < -0.4 is 15.4 Å². The van der Waals surface area contributed by atoms with Crippen molar-refractivity contribution in [2.45, 2.75) is 25.8 Å². The maximum Gasteiger partial charge on any atom is 0.191 e. The van der Waals surface area contributed by atoms with Crippen LogP contribution in [0.5, 0.6) is 5.75 Å². The Morgan fingerprint density at radius 2 is 2.09 bits per heavy atom. The van der Waals surface area contributed by atoms with Gasteiger partial charge >= 0.3 is 0 Å². The highest BCUT2D eigenvalue weighted by Gasteiger charge is 2.16. The predicted octanol–water partition coefficient (Wildman–Crippen LogP) is 2.09. The van der Waals surface area contributed by atoms with Gasteiger partial charge in [-0.05, 0) is 63.0 Å². The first-order valence-corrected chi connectivity index (χ1v) is 8.47. The molecule has 0 amide bonds. The van der Waals surface area contributed by atoms with E-state index in [-0.39, 0.29) is 0 Å². The van der Waals surface area contributed by atoms with Crippen LogP contribution in [-0.2, 0) is 6.54 Å². The number of benzene rings is 1. The Kier molecular flexibility index (Phi) is 7.20. The lowest BCUT2D eigenvalue weighted by atomic mass is 9.94. The third-order valence-electron chi connectivity index (χ3n) is 4.50. The molecule has 1 heterocycles. The van der Waals surface area contributed by atoms with Gasteiger partial charge in [-0.25, -0.2) is 0 Å². The van der Waals surface area contributed by atoms with Crippen molar-refractivity contribution in [1.29, 1.82) is 0 Å². The molecule has 0 saturated carbocycles. The minimum atomic E-state index is 0.741. The van der Waals surface area contributed by atoms with Gasteiger partial charge in [0, 0.05) is 20.1 Å². The molecule has 0 unspecified atom stereocenters. The Labute approximate surface area is 140 Å². The molecular formula is C18H30N4O. The molecule has 1 fully saturated rings. The Balaban J connectivity index is 1.69. The van der Waals surface area contributed by atoms with Gasteiger partial charge in [-0.1, -0.05) is 12.1 Å². The summed E-state index contributed by atoms with van der Waals surface area (Å²) in [5, 5.41) is 6.78. The number of ether oxygens (including phenoxy) is 1. The molecule has 5 nitrogen and oxygen atoms in total. The largest absolute Gasteiger partial charge is 0.497 e. The molecule has 5 heteroatoms. The molecule has 23 heavy (non-hydrogen) atoms. The summed E-state index contributed by atoms with van der Waals surface area (Å²) in [4.78, 5) is 6.71. The topological polar surface area (TPSA) is 48.9 Å². The predicted molar refractivity (Wildman–Crippen MR) is 96.0 cm³/mol. The van der Waals surface area contributed by atoms with Gasteiger partial charge in [0.1, 0.15) is 5.75 Å². The van der Waals surface area contributed by atoms with Gasteiger partial charge in [0.05, 0.1) is 7.11 Å². The standard InChI is InChI=1S/C18H30N4O/c1-19-18(20-10-7-15-8-11-22(2)12-9-15)21-14-16-5-4-6-17(13-16)23-3/h4-6,13,15H,7-12,14H2,1-3H3,(H2,19,20,21). The quantitative estimate of drug-likeness (QED) is 0.623. The molecule has 0 radical (unpaired) electrons. The minimum Gasteiger partial charge on any atom is -0.497 e. The third kappa shape index (κ3) is 6.10. The van der Waals surface area contributed by atoms with Crippen LogP contribution in [0.3, 0.4) is 0 Å². The van der Waals surface area contributed by atoms with Crippen LogP contribution in [0.15, 0.2) is 29.3 Å². The fourth-order valence-electron chi connectivity index (χ4n) is 2.93. The zero-order chi connectivity index (χ0) is 16.5. The summed E-state index contributed by atoms with van der Waals surface area (Å²) in [5.74, 6) is 2.59. The number of nitrogens with zero attached hydrogens (tertiary/aromatic N) is 2. The lowest BCUT2D eigenvalue weighted by Gasteiger charge is -2.29. The van der Waals surface area contributed by atoms with Gasteiger partial charge in [0.2, 0.25) is 0 Å². The summed E-state index contributed by atoms with van der Waals surface area (Å²) in [6.07, 6.45) is 3.84. The smallest absolute Gasteiger partial charge is 0.191 e. The van der Waals surface area contributed by atoms with Crippen molar-refractivity contribution < 1.29 is 4.74 Å². The normalized spacial score (nSPS) is 17.1. The fraction of sp³-hybridized carbons (Fsp3) is 0.611. The van der Waals surface area contributed by atoms with E-state index in [1.54, 1.807) is 7.11 Å². The summed E-state index contributed by atoms with van der Waals surface area (Å²) < 4.78 is 5.25. The molecule has 2 N–H and O–H groups in total. The lowest BCUT2D eigenvalue weighted by molar-refractivity contribution is 0.213. The number of hydrogen-bond acceptors (Lipinski definition) is 3. The zero-order valence-corrected chi connectivity index (χ0v) is 14.6. The lowest BCUT2D eigenvalue weighted by Crippen LogP contribution is -2.38. The highest BCUT2D eigenvalue weighted by atomic mass is 16.5. The minimum absolute atomic E-state index is 0.741. The average Bonchev–Trinajstić information content (AvgIpc) is 2.59. The Morgan fingerprint density at radius 1 is 1.30 bits per heavy atom. The molecule has 0 aromatic heterocycles.